The van der Waals surface area contributed by atoms with E-state index in [9.17, 15) is 9.90 Å². The zero-order valence-electron chi connectivity index (χ0n) is 10.5. The number of aliphatic hydroxyl groups excluding tert-OH is 2. The first-order chi connectivity index (χ1) is 9.22. The second-order valence-electron chi connectivity index (χ2n) is 4.39. The average Bonchev–Trinajstić information content (AvgIpc) is 2.85. The number of carbonyl (C=O) groups is 1. The fourth-order valence-corrected chi connectivity index (χ4v) is 1.99. The van der Waals surface area contributed by atoms with Gasteiger partial charge in [0.25, 0.3) is 5.91 Å². The van der Waals surface area contributed by atoms with E-state index in [4.69, 9.17) is 5.11 Å². The number of aromatic nitrogens is 1. The number of hydrogen-bond acceptors (Lipinski definition) is 4. The van der Waals surface area contributed by atoms with E-state index in [1.807, 2.05) is 0 Å². The summed E-state index contributed by atoms with van der Waals surface area (Å²) in [4.78, 5) is 17.9. The fraction of sp³-hybridized carbons (Fsp3) is 0.429. The molecule has 1 fully saturated rings. The summed E-state index contributed by atoms with van der Waals surface area (Å²) in [5.74, 6) is 5.50. The summed E-state index contributed by atoms with van der Waals surface area (Å²) in [5.41, 5.74) is 1.05. The molecular formula is C14H16N2O3. The Labute approximate surface area is 111 Å². The van der Waals surface area contributed by atoms with Gasteiger partial charge < -0.3 is 15.1 Å². The van der Waals surface area contributed by atoms with Gasteiger partial charge in [-0.25, -0.2) is 0 Å². The van der Waals surface area contributed by atoms with Crippen LogP contribution in [0.1, 0.15) is 28.8 Å². The van der Waals surface area contributed by atoms with E-state index < -0.39 is 6.10 Å². The topological polar surface area (TPSA) is 73.7 Å². The molecule has 0 bridgehead atoms. The molecule has 0 radical (unpaired) electrons. The van der Waals surface area contributed by atoms with Gasteiger partial charge in [0.1, 0.15) is 0 Å². The van der Waals surface area contributed by atoms with Crippen molar-refractivity contribution >= 4 is 5.91 Å². The molecule has 5 heteroatoms. The molecule has 0 aromatic carbocycles. The second kappa shape index (κ2) is 6.32. The van der Waals surface area contributed by atoms with Gasteiger partial charge in [-0.05, 0) is 12.5 Å². The third kappa shape index (κ3) is 3.31. The number of amides is 1. The molecule has 1 aliphatic heterocycles. The number of pyridine rings is 1. The van der Waals surface area contributed by atoms with Gasteiger partial charge in [0.15, 0.2) is 0 Å². The summed E-state index contributed by atoms with van der Waals surface area (Å²) in [5, 5.41) is 18.2. The number of aliphatic hydroxyl groups is 2. The standard InChI is InChI=1S/C14H16N2O3/c17-8-2-1-3-11-9-15-6-4-13(11)14(19)16-7-5-12(18)10-16/h4,6,9,12,17-18H,2,5,7-8,10H2. The summed E-state index contributed by atoms with van der Waals surface area (Å²) >= 11 is 0. The Bertz CT molecular complexity index is 519. The van der Waals surface area contributed by atoms with Crippen molar-refractivity contribution in [3.8, 4) is 11.8 Å². The van der Waals surface area contributed by atoms with Gasteiger partial charge in [0.05, 0.1) is 23.8 Å². The first-order valence-corrected chi connectivity index (χ1v) is 6.23. The Hall–Kier alpha value is -1.90. The number of hydrogen-bond donors (Lipinski definition) is 2. The van der Waals surface area contributed by atoms with Crippen LogP contribution >= 0.6 is 0 Å². The number of rotatable bonds is 2. The molecule has 1 amide bonds. The van der Waals surface area contributed by atoms with Crippen LogP contribution in [0.3, 0.4) is 0 Å². The van der Waals surface area contributed by atoms with Gasteiger partial charge in [0.2, 0.25) is 0 Å². The maximum absolute atomic E-state index is 12.3. The van der Waals surface area contributed by atoms with Crippen LogP contribution in [0.15, 0.2) is 18.5 Å². The van der Waals surface area contributed by atoms with Crippen molar-refractivity contribution in [2.75, 3.05) is 19.7 Å². The number of β-amino-alcohol motifs (C(OH)–C–C–N with tert-alkyl or cyclic N) is 1. The summed E-state index contributed by atoms with van der Waals surface area (Å²) in [6.07, 6.45) is 3.64. The molecule has 1 atom stereocenters. The van der Waals surface area contributed by atoms with Crippen LogP contribution in [0.25, 0.3) is 0 Å². The summed E-state index contributed by atoms with van der Waals surface area (Å²) < 4.78 is 0. The Kier molecular flexibility index (Phi) is 4.50. The molecule has 5 nitrogen and oxygen atoms in total. The summed E-state index contributed by atoms with van der Waals surface area (Å²) in [6, 6.07) is 1.63. The van der Waals surface area contributed by atoms with E-state index in [1.54, 1.807) is 23.4 Å². The third-order valence-electron chi connectivity index (χ3n) is 2.96. The van der Waals surface area contributed by atoms with Gasteiger partial charge in [-0.2, -0.15) is 0 Å². The monoisotopic (exact) mass is 260 g/mol. The first kappa shape index (κ1) is 13.5. The van der Waals surface area contributed by atoms with Crippen LogP contribution in [0.4, 0.5) is 0 Å². The minimum Gasteiger partial charge on any atom is -0.395 e. The highest BCUT2D eigenvalue weighted by Gasteiger charge is 2.26. The van der Waals surface area contributed by atoms with Crippen molar-refractivity contribution < 1.29 is 15.0 Å². The highest BCUT2D eigenvalue weighted by atomic mass is 16.3. The van der Waals surface area contributed by atoms with Gasteiger partial charge in [0, 0.05) is 31.9 Å². The predicted octanol–water partition coefficient (Wildman–Crippen LogP) is 0.0223. The molecule has 19 heavy (non-hydrogen) atoms. The van der Waals surface area contributed by atoms with Gasteiger partial charge in [-0.15, -0.1) is 0 Å². The lowest BCUT2D eigenvalue weighted by Gasteiger charge is -2.16. The molecule has 1 saturated heterocycles. The van der Waals surface area contributed by atoms with Crippen molar-refractivity contribution in [2.45, 2.75) is 18.9 Å². The highest BCUT2D eigenvalue weighted by molar-refractivity contribution is 5.96. The normalized spacial score (nSPS) is 18.0. The molecule has 100 valence electrons. The van der Waals surface area contributed by atoms with Crippen molar-refractivity contribution in [1.29, 1.82) is 0 Å². The van der Waals surface area contributed by atoms with Crippen LogP contribution in [0.5, 0.6) is 0 Å². The zero-order chi connectivity index (χ0) is 13.7. The van der Waals surface area contributed by atoms with Gasteiger partial charge >= 0.3 is 0 Å². The number of nitrogens with zero attached hydrogens (tertiary/aromatic N) is 2. The summed E-state index contributed by atoms with van der Waals surface area (Å²) in [7, 11) is 0. The lowest BCUT2D eigenvalue weighted by atomic mass is 10.1. The van der Waals surface area contributed by atoms with Crippen LogP contribution < -0.4 is 0 Å². The van der Waals surface area contributed by atoms with E-state index in [2.05, 4.69) is 16.8 Å². The third-order valence-corrected chi connectivity index (χ3v) is 2.96. The molecule has 1 aromatic heterocycles. The van der Waals surface area contributed by atoms with Crippen molar-refractivity contribution in [3.05, 3.63) is 29.6 Å². The fourth-order valence-electron chi connectivity index (χ4n) is 1.99. The van der Waals surface area contributed by atoms with Crippen molar-refractivity contribution in [1.82, 2.24) is 9.88 Å². The van der Waals surface area contributed by atoms with Crippen LogP contribution in [0, 0.1) is 11.8 Å². The van der Waals surface area contributed by atoms with Crippen LogP contribution in [0.2, 0.25) is 0 Å². The van der Waals surface area contributed by atoms with E-state index >= 15 is 0 Å². The Morgan fingerprint density at radius 1 is 1.58 bits per heavy atom. The predicted molar refractivity (Wildman–Crippen MR) is 69.3 cm³/mol. The number of likely N-dealkylation sites (tertiary alicyclic amines) is 1. The maximum atomic E-state index is 12.3. The molecule has 2 N–H and O–H groups in total. The highest BCUT2D eigenvalue weighted by Crippen LogP contribution is 2.15. The molecule has 0 saturated carbocycles. The van der Waals surface area contributed by atoms with E-state index in [1.165, 1.54) is 0 Å². The number of carbonyl (C=O) groups excluding carboxylic acids is 1. The quantitative estimate of drug-likeness (QED) is 0.735. The molecule has 1 unspecified atom stereocenters. The first-order valence-electron chi connectivity index (χ1n) is 6.23. The molecule has 1 aromatic rings. The molecule has 2 rings (SSSR count). The molecular weight excluding hydrogens is 244 g/mol. The summed E-state index contributed by atoms with van der Waals surface area (Å²) in [6.45, 7) is 0.922. The zero-order valence-corrected chi connectivity index (χ0v) is 10.5. The lowest BCUT2D eigenvalue weighted by molar-refractivity contribution is 0.0764. The lowest BCUT2D eigenvalue weighted by Crippen LogP contribution is -2.30. The largest absolute Gasteiger partial charge is 0.395 e. The van der Waals surface area contributed by atoms with Crippen molar-refractivity contribution in [2.24, 2.45) is 0 Å². The van der Waals surface area contributed by atoms with Gasteiger partial charge in [-0.1, -0.05) is 11.8 Å². The van der Waals surface area contributed by atoms with Crippen molar-refractivity contribution in [3.63, 3.8) is 0 Å². The van der Waals surface area contributed by atoms with Crippen LogP contribution in [-0.4, -0.2) is 51.8 Å². The molecule has 2 heterocycles. The maximum Gasteiger partial charge on any atom is 0.255 e. The van der Waals surface area contributed by atoms with E-state index in [0.717, 1.165) is 0 Å². The molecule has 0 spiro atoms. The second-order valence-corrected chi connectivity index (χ2v) is 4.39. The Morgan fingerprint density at radius 2 is 2.42 bits per heavy atom. The average molecular weight is 260 g/mol. The minimum absolute atomic E-state index is 0.00510. The molecule has 0 aliphatic carbocycles. The minimum atomic E-state index is -0.435. The molecule has 1 aliphatic rings. The van der Waals surface area contributed by atoms with E-state index in [-0.39, 0.29) is 12.5 Å². The van der Waals surface area contributed by atoms with Crippen LogP contribution in [-0.2, 0) is 0 Å². The Balaban J connectivity index is 2.20. The Morgan fingerprint density at radius 3 is 3.11 bits per heavy atom. The smallest absolute Gasteiger partial charge is 0.255 e. The van der Waals surface area contributed by atoms with Gasteiger partial charge in [-0.3, -0.25) is 9.78 Å². The van der Waals surface area contributed by atoms with E-state index in [0.29, 0.717) is 37.1 Å². The SMILES string of the molecule is O=C(c1ccncc1C#CCCO)N1CCC(O)C1.